The van der Waals surface area contributed by atoms with E-state index in [1.54, 1.807) is 18.1 Å². The van der Waals surface area contributed by atoms with E-state index in [1.807, 2.05) is 12.4 Å². The molecule has 1 aromatic rings. The van der Waals surface area contributed by atoms with Gasteiger partial charge in [0.25, 0.3) is 0 Å². The van der Waals surface area contributed by atoms with E-state index in [2.05, 4.69) is 20.3 Å². The van der Waals surface area contributed by atoms with Gasteiger partial charge in [-0.15, -0.1) is 16.3 Å². The van der Waals surface area contributed by atoms with Crippen LogP contribution < -0.4 is 16.8 Å². The van der Waals surface area contributed by atoms with Crippen LogP contribution in [0.3, 0.4) is 0 Å². The molecule has 1 aromatic heterocycles. The number of nitriles is 1. The van der Waals surface area contributed by atoms with Crippen LogP contribution in [0, 0.1) is 11.5 Å². The number of rotatable bonds is 6. The number of nitrogens with zero attached hydrogens (tertiary/aromatic N) is 5. The van der Waals surface area contributed by atoms with Gasteiger partial charge in [0.05, 0.1) is 5.69 Å². The van der Waals surface area contributed by atoms with E-state index in [0.29, 0.717) is 5.96 Å². The van der Waals surface area contributed by atoms with Gasteiger partial charge >= 0.3 is 0 Å². The third-order valence-corrected chi connectivity index (χ3v) is 3.57. The predicted molar refractivity (Wildman–Crippen MR) is 86.1 cm³/mol. The van der Waals surface area contributed by atoms with E-state index in [4.69, 9.17) is 16.7 Å². The molecule has 0 unspecified atom stereocenters. The molecular weight excluding hydrogens is 288 g/mol. The van der Waals surface area contributed by atoms with E-state index < -0.39 is 0 Å². The normalized spacial score (nSPS) is 12.0. The van der Waals surface area contributed by atoms with E-state index in [9.17, 15) is 0 Å². The highest BCUT2D eigenvalue weighted by atomic mass is 32.1. The number of guanidine groups is 2. The molecule has 1 rings (SSSR count). The highest BCUT2D eigenvalue weighted by molar-refractivity contribution is 7.13. The number of hydrogen-bond donors (Lipinski definition) is 3. The van der Waals surface area contributed by atoms with Gasteiger partial charge in [0.15, 0.2) is 11.1 Å². The summed E-state index contributed by atoms with van der Waals surface area (Å²) >= 11 is 1.50. The van der Waals surface area contributed by atoms with Gasteiger partial charge in [-0.3, -0.25) is 4.99 Å². The van der Waals surface area contributed by atoms with Gasteiger partial charge in [-0.2, -0.15) is 5.26 Å². The summed E-state index contributed by atoms with van der Waals surface area (Å²) in [6.45, 7) is 0.752. The molecule has 0 fully saturated rings. The fourth-order valence-electron chi connectivity index (χ4n) is 1.55. The van der Waals surface area contributed by atoms with Gasteiger partial charge in [-0.1, -0.05) is 0 Å². The molecule has 1 heterocycles. The van der Waals surface area contributed by atoms with E-state index >= 15 is 0 Å². The van der Waals surface area contributed by atoms with E-state index in [0.717, 1.165) is 36.6 Å². The molecule has 0 saturated heterocycles. The van der Waals surface area contributed by atoms with Gasteiger partial charge < -0.3 is 21.7 Å². The first-order chi connectivity index (χ1) is 10.1. The molecule has 0 atom stereocenters. The van der Waals surface area contributed by atoms with Crippen molar-refractivity contribution in [3.05, 3.63) is 11.1 Å². The minimum Gasteiger partial charge on any atom is -0.370 e. The lowest BCUT2D eigenvalue weighted by molar-refractivity contribution is 0.473. The quantitative estimate of drug-likeness (QED) is 0.304. The Morgan fingerprint density at radius 2 is 2.29 bits per heavy atom. The van der Waals surface area contributed by atoms with Gasteiger partial charge in [0.1, 0.15) is 0 Å². The standard InChI is InChI=1S/C12H20N8S/c1-16-10(14)19-12-18-9(7-21-12)5-3-4-6-20(2)11(15)17-8-13/h7H,3-6H2,1-2H3,(H2,15,17)(H3,14,16,18,19). The molecule has 0 aliphatic rings. The van der Waals surface area contributed by atoms with Gasteiger partial charge in [0, 0.05) is 26.0 Å². The average Bonchev–Trinajstić information content (AvgIpc) is 2.90. The van der Waals surface area contributed by atoms with Gasteiger partial charge in [-0.05, 0) is 19.3 Å². The maximum atomic E-state index is 8.41. The predicted octanol–water partition coefficient (Wildman–Crippen LogP) is 0.550. The number of nitrogens with one attached hydrogen (secondary N) is 1. The SMILES string of the molecule is CN=C(N)Nc1nc(CCCCN(C)C(N)=NC#N)cs1. The lowest BCUT2D eigenvalue weighted by Crippen LogP contribution is -2.34. The highest BCUT2D eigenvalue weighted by Crippen LogP contribution is 2.16. The summed E-state index contributed by atoms with van der Waals surface area (Å²) in [4.78, 5) is 13.5. The minimum atomic E-state index is 0.243. The molecule has 0 aliphatic heterocycles. The van der Waals surface area contributed by atoms with Crippen molar-refractivity contribution < 1.29 is 0 Å². The zero-order chi connectivity index (χ0) is 15.7. The number of anilines is 1. The Balaban J connectivity index is 2.31. The van der Waals surface area contributed by atoms with Crippen molar-refractivity contribution in [2.45, 2.75) is 19.3 Å². The van der Waals surface area contributed by atoms with Gasteiger partial charge in [-0.25, -0.2) is 4.98 Å². The summed E-state index contributed by atoms with van der Waals surface area (Å²) in [5, 5.41) is 14.1. The van der Waals surface area contributed by atoms with Crippen LogP contribution in [0.5, 0.6) is 0 Å². The zero-order valence-corrected chi connectivity index (χ0v) is 13.0. The smallest absolute Gasteiger partial charge is 0.209 e. The number of nitrogens with two attached hydrogens (primary N) is 2. The molecule has 9 heteroatoms. The van der Waals surface area contributed by atoms with E-state index in [1.165, 1.54) is 11.3 Å². The zero-order valence-electron chi connectivity index (χ0n) is 12.2. The number of aryl methyl sites for hydroxylation is 1. The first kappa shape index (κ1) is 16.7. The van der Waals surface area contributed by atoms with Crippen molar-refractivity contribution in [3.8, 4) is 6.19 Å². The Kier molecular flexibility index (Phi) is 6.97. The number of hydrogen-bond acceptors (Lipinski definition) is 5. The third-order valence-electron chi connectivity index (χ3n) is 2.76. The average molecular weight is 308 g/mol. The maximum Gasteiger partial charge on any atom is 0.209 e. The fourth-order valence-corrected chi connectivity index (χ4v) is 2.30. The number of thiazole rings is 1. The molecule has 0 amide bonds. The summed E-state index contributed by atoms with van der Waals surface area (Å²) in [5.74, 6) is 0.594. The summed E-state index contributed by atoms with van der Waals surface area (Å²) in [6.07, 6.45) is 4.47. The molecule has 0 saturated carbocycles. The topological polar surface area (TPSA) is 129 Å². The lowest BCUT2D eigenvalue weighted by Gasteiger charge is -2.16. The van der Waals surface area contributed by atoms with Crippen molar-refractivity contribution in [2.24, 2.45) is 21.5 Å². The van der Waals surface area contributed by atoms with Crippen molar-refractivity contribution in [3.63, 3.8) is 0 Å². The third kappa shape index (κ3) is 6.09. The first-order valence-corrected chi connectivity index (χ1v) is 7.31. The summed E-state index contributed by atoms with van der Waals surface area (Å²) < 4.78 is 0. The Morgan fingerprint density at radius 3 is 2.95 bits per heavy atom. The molecule has 114 valence electrons. The molecule has 8 nitrogen and oxygen atoms in total. The lowest BCUT2D eigenvalue weighted by atomic mass is 10.2. The highest BCUT2D eigenvalue weighted by Gasteiger charge is 2.04. The van der Waals surface area contributed by atoms with Crippen LogP contribution in [0.1, 0.15) is 18.5 Å². The fraction of sp³-hybridized carbons (Fsp3) is 0.500. The second kappa shape index (κ2) is 8.76. The van der Waals surface area contributed by atoms with Crippen LogP contribution in [-0.2, 0) is 6.42 Å². The molecule has 21 heavy (non-hydrogen) atoms. The van der Waals surface area contributed by atoms with Crippen LogP contribution in [-0.4, -0.2) is 42.4 Å². The summed E-state index contributed by atoms with van der Waals surface area (Å²) in [6, 6.07) is 0. The molecule has 0 aliphatic carbocycles. The van der Waals surface area contributed by atoms with Crippen molar-refractivity contribution in [1.82, 2.24) is 9.88 Å². The summed E-state index contributed by atoms with van der Waals surface area (Å²) in [5.41, 5.74) is 12.2. The molecule has 0 spiro atoms. The maximum absolute atomic E-state index is 8.41. The Morgan fingerprint density at radius 1 is 1.52 bits per heavy atom. The Labute approximate surface area is 128 Å². The largest absolute Gasteiger partial charge is 0.370 e. The molecule has 0 bridgehead atoms. The summed E-state index contributed by atoms with van der Waals surface area (Å²) in [7, 11) is 3.43. The molecular formula is C12H20N8S. The number of unbranched alkanes of at least 4 members (excludes halogenated alkanes) is 1. The monoisotopic (exact) mass is 308 g/mol. The molecule has 0 aromatic carbocycles. The Hall–Kier alpha value is -2.34. The van der Waals surface area contributed by atoms with Crippen LogP contribution in [0.4, 0.5) is 5.13 Å². The van der Waals surface area contributed by atoms with Crippen molar-refractivity contribution >= 4 is 28.4 Å². The minimum absolute atomic E-state index is 0.243. The number of aliphatic imine (C=N–C) groups is 2. The molecule has 5 N–H and O–H groups in total. The molecule has 0 radical (unpaired) electrons. The second-order valence-electron chi connectivity index (χ2n) is 4.33. The van der Waals surface area contributed by atoms with Crippen LogP contribution in [0.2, 0.25) is 0 Å². The van der Waals surface area contributed by atoms with E-state index in [-0.39, 0.29) is 5.96 Å². The van der Waals surface area contributed by atoms with Gasteiger partial charge in [0.2, 0.25) is 12.2 Å². The Bertz CT molecular complexity index is 542. The van der Waals surface area contributed by atoms with Crippen LogP contribution in [0.25, 0.3) is 0 Å². The van der Waals surface area contributed by atoms with Crippen molar-refractivity contribution in [2.75, 3.05) is 26.0 Å². The van der Waals surface area contributed by atoms with Crippen LogP contribution >= 0.6 is 11.3 Å². The first-order valence-electron chi connectivity index (χ1n) is 6.44. The number of aromatic nitrogens is 1. The van der Waals surface area contributed by atoms with Crippen molar-refractivity contribution in [1.29, 1.82) is 5.26 Å². The van der Waals surface area contributed by atoms with Crippen LogP contribution in [0.15, 0.2) is 15.4 Å². The second-order valence-corrected chi connectivity index (χ2v) is 5.18.